The van der Waals surface area contributed by atoms with Gasteiger partial charge in [-0.05, 0) is 76.5 Å². The number of amides is 1. The summed E-state index contributed by atoms with van der Waals surface area (Å²) in [6.45, 7) is 7.58. The van der Waals surface area contributed by atoms with Gasteiger partial charge < -0.3 is 24.2 Å². The lowest BCUT2D eigenvalue weighted by molar-refractivity contribution is -0.271. The number of fused-ring (bicyclic) bond motifs is 1. The maximum Gasteiger partial charge on any atom is 0.253 e. The van der Waals surface area contributed by atoms with Gasteiger partial charge in [0.15, 0.2) is 11.6 Å². The van der Waals surface area contributed by atoms with Crippen molar-refractivity contribution >= 4 is 5.91 Å². The van der Waals surface area contributed by atoms with Crippen LogP contribution < -0.4 is 4.74 Å². The Bertz CT molecular complexity index is 830. The smallest absolute Gasteiger partial charge is 0.253 e. The third kappa shape index (κ3) is 4.32. The van der Waals surface area contributed by atoms with Gasteiger partial charge in [-0.2, -0.15) is 0 Å². The van der Waals surface area contributed by atoms with Gasteiger partial charge in [0.1, 0.15) is 0 Å². The van der Waals surface area contributed by atoms with Gasteiger partial charge in [0, 0.05) is 18.7 Å². The molecule has 4 rings (SSSR count). The number of methoxy groups -OCH3 is 1. The molecule has 31 heavy (non-hydrogen) atoms. The van der Waals surface area contributed by atoms with Crippen LogP contribution in [-0.2, 0) is 9.47 Å². The number of nitrogens with zero attached hydrogens (tertiary/aromatic N) is 1. The number of hydrogen-bond donors (Lipinski definition) is 1. The third-order valence-electron chi connectivity index (χ3n) is 7.54. The maximum absolute atomic E-state index is 14.0. The van der Waals surface area contributed by atoms with Crippen molar-refractivity contribution in [3.8, 4) is 5.75 Å². The summed E-state index contributed by atoms with van der Waals surface area (Å²) in [7, 11) is 1.40. The second-order valence-corrected chi connectivity index (χ2v) is 10.3. The highest BCUT2D eigenvalue weighted by molar-refractivity contribution is 5.94. The Balaban J connectivity index is 1.41. The molecule has 172 valence electrons. The molecule has 3 saturated heterocycles. The van der Waals surface area contributed by atoms with Gasteiger partial charge in [-0.15, -0.1) is 0 Å². The van der Waals surface area contributed by atoms with Crippen molar-refractivity contribution < 1.29 is 28.5 Å². The van der Waals surface area contributed by atoms with E-state index in [9.17, 15) is 14.3 Å². The molecule has 3 heterocycles. The molecule has 7 heteroatoms. The minimum atomic E-state index is -0.880. The van der Waals surface area contributed by atoms with E-state index < -0.39 is 11.4 Å². The molecule has 0 bridgehead atoms. The summed E-state index contributed by atoms with van der Waals surface area (Å²) < 4.78 is 31.7. The monoisotopic (exact) mass is 435 g/mol. The Morgan fingerprint density at radius 3 is 2.61 bits per heavy atom. The van der Waals surface area contributed by atoms with E-state index >= 15 is 0 Å². The molecule has 0 aliphatic carbocycles. The van der Waals surface area contributed by atoms with Crippen molar-refractivity contribution in [3.05, 3.63) is 29.6 Å². The predicted octanol–water partition coefficient (Wildman–Crippen LogP) is 3.55. The topological polar surface area (TPSA) is 68.2 Å². The fourth-order valence-electron chi connectivity index (χ4n) is 5.22. The summed E-state index contributed by atoms with van der Waals surface area (Å²) in [5, 5.41) is 10.4. The van der Waals surface area contributed by atoms with Crippen molar-refractivity contribution in [2.45, 2.75) is 76.3 Å². The molecule has 1 aromatic rings. The van der Waals surface area contributed by atoms with Crippen LogP contribution in [0.25, 0.3) is 0 Å². The standard InChI is InChI=1S/C24H34FNO5/c1-22(2,28)19-7-8-23(3)20(31-19)14-24(15-30-23)9-11-26(12-10-24)21(27)16-5-6-18(29-4)17(25)13-16/h5-6,13,19-20,28H,7-12,14-15H2,1-4H3/t19-,20-,23+/m0/s1. The quantitative estimate of drug-likeness (QED) is 0.786. The van der Waals surface area contributed by atoms with Crippen LogP contribution in [0.15, 0.2) is 18.2 Å². The lowest BCUT2D eigenvalue weighted by Crippen LogP contribution is -2.61. The largest absolute Gasteiger partial charge is 0.494 e. The highest BCUT2D eigenvalue weighted by Gasteiger charge is 2.53. The first-order chi connectivity index (χ1) is 14.6. The molecular formula is C24H34FNO5. The number of ether oxygens (including phenoxy) is 3. The SMILES string of the molecule is COc1ccc(C(=O)N2CCC3(CC2)CO[C@]2(C)CC[C@@H](C(C)(C)O)O[C@H]2C3)cc1F. The van der Waals surface area contributed by atoms with Crippen molar-refractivity contribution in [1.82, 2.24) is 4.90 Å². The third-order valence-corrected chi connectivity index (χ3v) is 7.54. The fourth-order valence-corrected chi connectivity index (χ4v) is 5.22. The average molecular weight is 436 g/mol. The van der Waals surface area contributed by atoms with Crippen molar-refractivity contribution in [1.29, 1.82) is 0 Å². The van der Waals surface area contributed by atoms with Gasteiger partial charge >= 0.3 is 0 Å². The highest BCUT2D eigenvalue weighted by atomic mass is 19.1. The Hall–Kier alpha value is -1.70. The Morgan fingerprint density at radius 2 is 2.00 bits per heavy atom. The zero-order chi connectivity index (χ0) is 22.4. The first-order valence-corrected chi connectivity index (χ1v) is 11.2. The van der Waals surface area contributed by atoms with E-state index in [4.69, 9.17) is 14.2 Å². The molecule has 0 saturated carbocycles. The van der Waals surface area contributed by atoms with E-state index in [-0.39, 0.29) is 34.9 Å². The first-order valence-electron chi connectivity index (χ1n) is 11.2. The minimum Gasteiger partial charge on any atom is -0.494 e. The molecule has 0 aromatic heterocycles. The fraction of sp³-hybridized carbons (Fsp3) is 0.708. The second kappa shape index (κ2) is 8.01. The van der Waals surface area contributed by atoms with Crippen LogP contribution in [0, 0.1) is 11.2 Å². The summed E-state index contributed by atoms with van der Waals surface area (Å²) in [5.74, 6) is -0.556. The number of halogens is 1. The Kier molecular flexibility index (Phi) is 5.82. The molecule has 3 aliphatic rings. The lowest BCUT2D eigenvalue weighted by atomic mass is 9.68. The number of likely N-dealkylation sites (tertiary alicyclic amines) is 1. The molecule has 3 atom stereocenters. The van der Waals surface area contributed by atoms with Gasteiger partial charge in [0.2, 0.25) is 0 Å². The summed E-state index contributed by atoms with van der Waals surface area (Å²) in [5.41, 5.74) is -0.894. The number of piperidine rings is 1. The van der Waals surface area contributed by atoms with Gasteiger partial charge in [0.05, 0.1) is 37.1 Å². The Labute approximate surface area is 183 Å². The van der Waals surface area contributed by atoms with Crippen molar-refractivity contribution in [2.24, 2.45) is 5.41 Å². The molecule has 3 aliphatic heterocycles. The second-order valence-electron chi connectivity index (χ2n) is 10.3. The van der Waals surface area contributed by atoms with Gasteiger partial charge in [-0.3, -0.25) is 4.79 Å². The molecule has 1 spiro atoms. The van der Waals surface area contributed by atoms with Crippen molar-refractivity contribution in [2.75, 3.05) is 26.8 Å². The molecule has 1 amide bonds. The molecule has 3 fully saturated rings. The number of hydrogen-bond acceptors (Lipinski definition) is 5. The predicted molar refractivity (Wildman–Crippen MR) is 114 cm³/mol. The van der Waals surface area contributed by atoms with Crippen molar-refractivity contribution in [3.63, 3.8) is 0 Å². The minimum absolute atomic E-state index is 0.0341. The molecule has 0 unspecified atom stereocenters. The highest BCUT2D eigenvalue weighted by Crippen LogP contribution is 2.49. The normalized spacial score (nSPS) is 30.7. The van der Waals surface area contributed by atoms with E-state index in [0.29, 0.717) is 25.3 Å². The summed E-state index contributed by atoms with van der Waals surface area (Å²) in [6.07, 6.45) is 3.90. The molecule has 1 N–H and O–H groups in total. The van der Waals surface area contributed by atoms with E-state index in [2.05, 4.69) is 6.92 Å². The van der Waals surface area contributed by atoms with Crippen LogP contribution in [0.2, 0.25) is 0 Å². The zero-order valence-corrected chi connectivity index (χ0v) is 18.9. The first kappa shape index (κ1) is 22.5. The van der Waals surface area contributed by atoms with Gasteiger partial charge in [-0.25, -0.2) is 4.39 Å². The number of benzene rings is 1. The van der Waals surface area contributed by atoms with Gasteiger partial charge in [0.25, 0.3) is 5.91 Å². The molecule has 0 radical (unpaired) electrons. The van der Waals surface area contributed by atoms with E-state index in [1.807, 2.05) is 0 Å². The number of rotatable bonds is 3. The number of aliphatic hydroxyl groups is 1. The van der Waals surface area contributed by atoms with Crippen LogP contribution in [0.3, 0.4) is 0 Å². The van der Waals surface area contributed by atoms with Crippen LogP contribution in [0.1, 0.15) is 63.2 Å². The number of carbonyl (C=O) groups excluding carboxylic acids is 1. The van der Waals surface area contributed by atoms with Crippen LogP contribution in [0.5, 0.6) is 5.75 Å². The van der Waals surface area contributed by atoms with Crippen LogP contribution in [-0.4, -0.2) is 66.1 Å². The van der Waals surface area contributed by atoms with Crippen LogP contribution in [0.4, 0.5) is 4.39 Å². The number of carbonyl (C=O) groups is 1. The Morgan fingerprint density at radius 1 is 1.29 bits per heavy atom. The lowest BCUT2D eigenvalue weighted by Gasteiger charge is -2.56. The summed E-state index contributed by atoms with van der Waals surface area (Å²) in [6, 6.07) is 4.34. The average Bonchev–Trinajstić information content (AvgIpc) is 2.73. The maximum atomic E-state index is 14.0. The van der Waals surface area contributed by atoms with E-state index in [1.54, 1.807) is 24.8 Å². The van der Waals surface area contributed by atoms with E-state index in [1.165, 1.54) is 19.2 Å². The zero-order valence-electron chi connectivity index (χ0n) is 18.9. The summed E-state index contributed by atoms with van der Waals surface area (Å²) >= 11 is 0. The molecule has 1 aromatic carbocycles. The molecular weight excluding hydrogens is 401 g/mol. The van der Waals surface area contributed by atoms with Crippen LogP contribution >= 0.6 is 0 Å². The molecule has 6 nitrogen and oxygen atoms in total. The van der Waals surface area contributed by atoms with Gasteiger partial charge in [-0.1, -0.05) is 0 Å². The van der Waals surface area contributed by atoms with E-state index in [0.717, 1.165) is 32.1 Å². The summed E-state index contributed by atoms with van der Waals surface area (Å²) in [4.78, 5) is 14.7.